The van der Waals surface area contributed by atoms with E-state index in [9.17, 15) is 9.59 Å². The molecule has 0 saturated heterocycles. The number of hydrogen-bond donors (Lipinski definition) is 0. The molecule has 1 aromatic heterocycles. The molecule has 0 fully saturated rings. The molecule has 0 N–H and O–H groups in total. The summed E-state index contributed by atoms with van der Waals surface area (Å²) in [6, 6.07) is 8.79. The molecule has 0 atom stereocenters. The lowest BCUT2D eigenvalue weighted by Crippen LogP contribution is -2.22. The third kappa shape index (κ3) is 2.31. The van der Waals surface area contributed by atoms with Crippen LogP contribution in [0.3, 0.4) is 0 Å². The number of halogens is 1. The first-order chi connectivity index (χ1) is 8.67. The van der Waals surface area contributed by atoms with Crippen molar-refractivity contribution in [2.24, 2.45) is 0 Å². The number of carbonyl (C=O) groups excluding carboxylic acids is 1. The zero-order valence-corrected chi connectivity index (χ0v) is 11.7. The van der Waals surface area contributed by atoms with Crippen molar-refractivity contribution in [3.63, 3.8) is 0 Å². The SMILES string of the molecule is COc1ccc(-n2ccc(I)c(C=O)c2=O)cc1. The molecule has 1 heterocycles. The molecule has 0 amide bonds. The minimum atomic E-state index is -0.318. The molecule has 2 aromatic rings. The topological polar surface area (TPSA) is 48.3 Å². The van der Waals surface area contributed by atoms with Gasteiger partial charge in [0.25, 0.3) is 5.56 Å². The molecule has 0 saturated carbocycles. The van der Waals surface area contributed by atoms with Gasteiger partial charge in [0, 0.05) is 15.5 Å². The van der Waals surface area contributed by atoms with E-state index in [0.29, 0.717) is 21.3 Å². The number of carbonyl (C=O) groups is 1. The Balaban J connectivity index is 2.57. The number of aromatic nitrogens is 1. The van der Waals surface area contributed by atoms with Crippen LogP contribution < -0.4 is 10.3 Å². The van der Waals surface area contributed by atoms with Crippen LogP contribution in [-0.4, -0.2) is 18.0 Å². The lowest BCUT2D eigenvalue weighted by molar-refractivity contribution is 0.112. The van der Waals surface area contributed by atoms with Crippen LogP contribution in [-0.2, 0) is 0 Å². The lowest BCUT2D eigenvalue weighted by atomic mass is 10.2. The van der Waals surface area contributed by atoms with Gasteiger partial charge in [-0.2, -0.15) is 0 Å². The zero-order chi connectivity index (χ0) is 13.1. The summed E-state index contributed by atoms with van der Waals surface area (Å²) in [6.45, 7) is 0. The van der Waals surface area contributed by atoms with Gasteiger partial charge in [-0.3, -0.25) is 14.2 Å². The fraction of sp³-hybridized carbons (Fsp3) is 0.0769. The summed E-state index contributed by atoms with van der Waals surface area (Å²) in [7, 11) is 1.58. The smallest absolute Gasteiger partial charge is 0.266 e. The molecule has 0 aliphatic rings. The summed E-state index contributed by atoms with van der Waals surface area (Å²) in [4.78, 5) is 23.0. The molecular formula is C13H10INO3. The van der Waals surface area contributed by atoms with E-state index in [4.69, 9.17) is 4.74 Å². The molecule has 0 spiro atoms. The predicted molar refractivity (Wildman–Crippen MR) is 76.7 cm³/mol. The summed E-state index contributed by atoms with van der Waals surface area (Å²) >= 11 is 1.97. The van der Waals surface area contributed by atoms with E-state index < -0.39 is 0 Å². The minimum absolute atomic E-state index is 0.175. The van der Waals surface area contributed by atoms with Crippen molar-refractivity contribution in [2.45, 2.75) is 0 Å². The van der Waals surface area contributed by atoms with Crippen molar-refractivity contribution in [3.05, 3.63) is 56.0 Å². The monoisotopic (exact) mass is 355 g/mol. The molecule has 0 bridgehead atoms. The molecule has 2 rings (SSSR count). The van der Waals surface area contributed by atoms with Gasteiger partial charge in [0.05, 0.1) is 12.7 Å². The molecule has 5 heteroatoms. The molecular weight excluding hydrogens is 345 g/mol. The van der Waals surface area contributed by atoms with Gasteiger partial charge in [-0.1, -0.05) is 0 Å². The highest BCUT2D eigenvalue weighted by atomic mass is 127. The molecule has 1 aromatic carbocycles. The number of benzene rings is 1. The van der Waals surface area contributed by atoms with Gasteiger partial charge in [-0.25, -0.2) is 0 Å². The Morgan fingerprint density at radius 1 is 1.22 bits per heavy atom. The second kappa shape index (κ2) is 5.34. The number of ether oxygens (including phenoxy) is 1. The summed E-state index contributed by atoms with van der Waals surface area (Å²) in [5.74, 6) is 0.716. The van der Waals surface area contributed by atoms with Crippen LogP contribution >= 0.6 is 22.6 Å². The standard InChI is InChI=1S/C13H10INO3/c1-18-10-4-2-9(3-5-10)15-7-6-12(14)11(8-16)13(15)17/h2-8H,1H3. The largest absolute Gasteiger partial charge is 0.497 e. The second-order valence-corrected chi connectivity index (χ2v) is 4.73. The molecule has 0 aliphatic carbocycles. The summed E-state index contributed by atoms with van der Waals surface area (Å²) in [5, 5.41) is 0. The number of hydrogen-bond acceptors (Lipinski definition) is 3. The predicted octanol–water partition coefficient (Wildman–Crippen LogP) is 2.26. The average Bonchev–Trinajstić information content (AvgIpc) is 2.40. The first-order valence-electron chi connectivity index (χ1n) is 5.18. The van der Waals surface area contributed by atoms with E-state index in [1.165, 1.54) is 4.57 Å². The third-order valence-electron chi connectivity index (χ3n) is 2.54. The minimum Gasteiger partial charge on any atom is -0.497 e. The number of methoxy groups -OCH3 is 1. The van der Waals surface area contributed by atoms with Crippen LogP contribution in [0.4, 0.5) is 0 Å². The Morgan fingerprint density at radius 2 is 1.89 bits per heavy atom. The van der Waals surface area contributed by atoms with Gasteiger partial charge >= 0.3 is 0 Å². The molecule has 0 radical (unpaired) electrons. The van der Waals surface area contributed by atoms with Gasteiger partial charge in [0.2, 0.25) is 0 Å². The number of rotatable bonds is 3. The molecule has 92 valence electrons. The van der Waals surface area contributed by atoms with Crippen LogP contribution in [0, 0.1) is 3.57 Å². The van der Waals surface area contributed by atoms with Crippen molar-refractivity contribution >= 4 is 28.9 Å². The van der Waals surface area contributed by atoms with E-state index >= 15 is 0 Å². The van der Waals surface area contributed by atoms with Crippen molar-refractivity contribution in [1.82, 2.24) is 4.57 Å². The van der Waals surface area contributed by atoms with Crippen molar-refractivity contribution in [3.8, 4) is 11.4 Å². The van der Waals surface area contributed by atoms with Gasteiger partial charge < -0.3 is 4.74 Å². The van der Waals surface area contributed by atoms with Gasteiger partial charge in [-0.15, -0.1) is 0 Å². The molecule has 0 aliphatic heterocycles. The average molecular weight is 355 g/mol. The molecule has 18 heavy (non-hydrogen) atoms. The quantitative estimate of drug-likeness (QED) is 0.627. The van der Waals surface area contributed by atoms with E-state index in [1.54, 1.807) is 43.6 Å². The first-order valence-corrected chi connectivity index (χ1v) is 6.26. The first kappa shape index (κ1) is 12.8. The highest BCUT2D eigenvalue weighted by Crippen LogP contribution is 2.14. The maximum absolute atomic E-state index is 12.1. The Hall–Kier alpha value is -1.63. The van der Waals surface area contributed by atoms with E-state index in [2.05, 4.69) is 0 Å². The third-order valence-corrected chi connectivity index (χ3v) is 3.49. The maximum atomic E-state index is 12.1. The fourth-order valence-corrected chi connectivity index (χ4v) is 2.10. The number of nitrogens with zero attached hydrogens (tertiary/aromatic N) is 1. The Labute approximate surface area is 117 Å². The summed E-state index contributed by atoms with van der Waals surface area (Å²) < 4.78 is 7.14. The normalized spacial score (nSPS) is 10.1. The Kier molecular flexibility index (Phi) is 3.81. The van der Waals surface area contributed by atoms with E-state index in [1.807, 2.05) is 22.6 Å². The summed E-state index contributed by atoms with van der Waals surface area (Å²) in [5.41, 5.74) is 0.552. The van der Waals surface area contributed by atoms with E-state index in [-0.39, 0.29) is 11.1 Å². The summed E-state index contributed by atoms with van der Waals surface area (Å²) in [6.07, 6.45) is 2.24. The van der Waals surface area contributed by atoms with Crippen molar-refractivity contribution < 1.29 is 9.53 Å². The highest BCUT2D eigenvalue weighted by molar-refractivity contribution is 14.1. The second-order valence-electron chi connectivity index (χ2n) is 3.57. The number of pyridine rings is 1. The van der Waals surface area contributed by atoms with Crippen LogP contribution in [0.25, 0.3) is 5.69 Å². The Bertz CT molecular complexity index is 632. The molecule has 0 unspecified atom stereocenters. The fourth-order valence-electron chi connectivity index (χ4n) is 1.58. The van der Waals surface area contributed by atoms with Gasteiger partial charge in [0.1, 0.15) is 5.75 Å². The van der Waals surface area contributed by atoms with Gasteiger partial charge in [-0.05, 0) is 52.9 Å². The zero-order valence-electron chi connectivity index (χ0n) is 9.59. The number of aldehydes is 1. The Morgan fingerprint density at radius 3 is 2.44 bits per heavy atom. The van der Waals surface area contributed by atoms with Crippen LogP contribution in [0.15, 0.2) is 41.3 Å². The highest BCUT2D eigenvalue weighted by Gasteiger charge is 2.08. The van der Waals surface area contributed by atoms with Crippen LogP contribution in [0.5, 0.6) is 5.75 Å². The van der Waals surface area contributed by atoms with Crippen LogP contribution in [0.2, 0.25) is 0 Å². The van der Waals surface area contributed by atoms with Crippen molar-refractivity contribution in [1.29, 1.82) is 0 Å². The maximum Gasteiger partial charge on any atom is 0.266 e. The molecule has 4 nitrogen and oxygen atoms in total. The lowest BCUT2D eigenvalue weighted by Gasteiger charge is -2.08. The van der Waals surface area contributed by atoms with Crippen molar-refractivity contribution in [2.75, 3.05) is 7.11 Å². The van der Waals surface area contributed by atoms with Gasteiger partial charge in [0.15, 0.2) is 6.29 Å². The van der Waals surface area contributed by atoms with Crippen LogP contribution in [0.1, 0.15) is 10.4 Å². The van der Waals surface area contributed by atoms with E-state index in [0.717, 1.165) is 0 Å².